The Morgan fingerprint density at radius 2 is 2.16 bits per heavy atom. The van der Waals surface area contributed by atoms with Crippen molar-refractivity contribution >= 4 is 28.4 Å². The van der Waals surface area contributed by atoms with Crippen LogP contribution in [0.4, 0.5) is 4.39 Å². The maximum atomic E-state index is 13.0. The summed E-state index contributed by atoms with van der Waals surface area (Å²) in [5, 5.41) is 4.34. The molecule has 0 aliphatic heterocycles. The lowest BCUT2D eigenvalue weighted by atomic mass is 10.1. The maximum absolute atomic E-state index is 13.0. The molecule has 0 aliphatic carbocycles. The molecule has 0 atom stereocenters. The number of carbonyl (C=O) groups is 1. The monoisotopic (exact) mass is 372 g/mol. The van der Waals surface area contributed by atoms with Crippen molar-refractivity contribution in [3.63, 3.8) is 0 Å². The standard InChI is InChI=1S/C14H14FIN2O/c1-9(2)18-6-5-11(17-18)8-14(19)12-4-3-10(15)7-13(12)16/h3-7,9H,8H2,1-2H3. The van der Waals surface area contributed by atoms with Crippen molar-refractivity contribution < 1.29 is 9.18 Å². The first kappa shape index (κ1) is 14.2. The Morgan fingerprint density at radius 1 is 1.42 bits per heavy atom. The highest BCUT2D eigenvalue weighted by molar-refractivity contribution is 14.1. The molecule has 5 heteroatoms. The van der Waals surface area contributed by atoms with E-state index in [4.69, 9.17) is 0 Å². The van der Waals surface area contributed by atoms with Gasteiger partial charge in [0.25, 0.3) is 0 Å². The van der Waals surface area contributed by atoms with Gasteiger partial charge in [0.2, 0.25) is 0 Å². The van der Waals surface area contributed by atoms with E-state index in [1.54, 1.807) is 0 Å². The van der Waals surface area contributed by atoms with Gasteiger partial charge < -0.3 is 0 Å². The summed E-state index contributed by atoms with van der Waals surface area (Å²) in [6.45, 7) is 4.06. The van der Waals surface area contributed by atoms with Gasteiger partial charge in [-0.1, -0.05) is 0 Å². The number of ketones is 1. The fourth-order valence-corrected chi connectivity index (χ4v) is 2.51. The number of hydrogen-bond acceptors (Lipinski definition) is 2. The van der Waals surface area contributed by atoms with E-state index in [1.807, 2.05) is 53.4 Å². The van der Waals surface area contributed by atoms with Crippen molar-refractivity contribution in [2.24, 2.45) is 0 Å². The number of Topliss-reactive ketones (excluding diaryl/α,β-unsaturated/α-hetero) is 1. The number of nitrogens with zero attached hydrogens (tertiary/aromatic N) is 2. The zero-order valence-corrected chi connectivity index (χ0v) is 12.9. The summed E-state index contributed by atoms with van der Waals surface area (Å²) in [6.07, 6.45) is 2.10. The molecule has 1 heterocycles. The van der Waals surface area contributed by atoms with Gasteiger partial charge in [0.1, 0.15) is 5.82 Å². The third-order valence-electron chi connectivity index (χ3n) is 2.77. The van der Waals surface area contributed by atoms with E-state index < -0.39 is 0 Å². The molecule has 2 aromatic rings. The molecule has 0 aliphatic rings. The average molecular weight is 372 g/mol. The van der Waals surface area contributed by atoms with E-state index >= 15 is 0 Å². The summed E-state index contributed by atoms with van der Waals surface area (Å²) in [4.78, 5) is 12.1. The Balaban J connectivity index is 2.16. The molecule has 0 unspecified atom stereocenters. The third kappa shape index (κ3) is 3.40. The van der Waals surface area contributed by atoms with Crippen molar-refractivity contribution in [3.05, 3.63) is 51.1 Å². The summed E-state index contributed by atoms with van der Waals surface area (Å²) in [5.74, 6) is -0.372. The molecule has 0 spiro atoms. The van der Waals surface area contributed by atoms with Crippen LogP contribution in [0, 0.1) is 9.39 Å². The van der Waals surface area contributed by atoms with Crippen LogP contribution in [-0.4, -0.2) is 15.6 Å². The second kappa shape index (κ2) is 5.81. The molecule has 100 valence electrons. The Morgan fingerprint density at radius 3 is 2.74 bits per heavy atom. The quantitative estimate of drug-likeness (QED) is 0.607. The Kier molecular flexibility index (Phi) is 4.34. The predicted molar refractivity (Wildman–Crippen MR) is 79.8 cm³/mol. The number of aromatic nitrogens is 2. The van der Waals surface area contributed by atoms with E-state index in [-0.39, 0.29) is 24.1 Å². The topological polar surface area (TPSA) is 34.9 Å². The minimum Gasteiger partial charge on any atom is -0.294 e. The normalized spacial score (nSPS) is 11.0. The van der Waals surface area contributed by atoms with Crippen molar-refractivity contribution in [1.29, 1.82) is 0 Å². The zero-order chi connectivity index (χ0) is 14.0. The molecule has 19 heavy (non-hydrogen) atoms. The second-order valence-electron chi connectivity index (χ2n) is 4.60. The van der Waals surface area contributed by atoms with Gasteiger partial charge in [0.05, 0.1) is 12.1 Å². The van der Waals surface area contributed by atoms with Crippen LogP contribution in [0.1, 0.15) is 35.9 Å². The van der Waals surface area contributed by atoms with Crippen LogP contribution in [-0.2, 0) is 6.42 Å². The Bertz CT molecular complexity index is 607. The molecule has 0 radical (unpaired) electrons. The van der Waals surface area contributed by atoms with Crippen LogP contribution in [0.2, 0.25) is 0 Å². The van der Waals surface area contributed by atoms with Crippen molar-refractivity contribution in [2.75, 3.05) is 0 Å². The molecule has 0 amide bonds. The molecule has 2 rings (SSSR count). The van der Waals surface area contributed by atoms with Gasteiger partial charge in [-0.25, -0.2) is 4.39 Å². The number of carbonyl (C=O) groups excluding carboxylic acids is 1. The largest absolute Gasteiger partial charge is 0.294 e. The lowest BCUT2D eigenvalue weighted by molar-refractivity contribution is 0.0991. The molecule has 3 nitrogen and oxygen atoms in total. The highest BCUT2D eigenvalue weighted by atomic mass is 127. The number of hydrogen-bond donors (Lipinski definition) is 0. The zero-order valence-electron chi connectivity index (χ0n) is 10.7. The molecule has 1 aromatic heterocycles. The summed E-state index contributed by atoms with van der Waals surface area (Å²) >= 11 is 1.97. The van der Waals surface area contributed by atoms with Gasteiger partial charge in [-0.15, -0.1) is 0 Å². The lowest BCUT2D eigenvalue weighted by Gasteiger charge is -2.04. The molecular weight excluding hydrogens is 358 g/mol. The van der Waals surface area contributed by atoms with Gasteiger partial charge in [-0.05, 0) is 60.7 Å². The van der Waals surface area contributed by atoms with E-state index in [1.165, 1.54) is 18.2 Å². The van der Waals surface area contributed by atoms with E-state index in [2.05, 4.69) is 5.10 Å². The van der Waals surface area contributed by atoms with Crippen LogP contribution >= 0.6 is 22.6 Å². The predicted octanol–water partition coefficient (Wildman–Crippen LogP) is 3.63. The fraction of sp³-hybridized carbons (Fsp3) is 0.286. The highest BCUT2D eigenvalue weighted by Gasteiger charge is 2.13. The third-order valence-corrected chi connectivity index (χ3v) is 3.66. The molecule has 0 bridgehead atoms. The lowest BCUT2D eigenvalue weighted by Crippen LogP contribution is -2.08. The molecular formula is C14H14FIN2O. The van der Waals surface area contributed by atoms with E-state index in [9.17, 15) is 9.18 Å². The van der Waals surface area contributed by atoms with Crippen molar-refractivity contribution in [3.8, 4) is 0 Å². The summed E-state index contributed by atoms with van der Waals surface area (Å²) < 4.78 is 15.4. The first-order valence-electron chi connectivity index (χ1n) is 5.99. The highest BCUT2D eigenvalue weighted by Crippen LogP contribution is 2.16. The Labute approximate surface area is 125 Å². The van der Waals surface area contributed by atoms with E-state index in [0.717, 1.165) is 5.69 Å². The minimum atomic E-state index is -0.329. The van der Waals surface area contributed by atoms with Crippen LogP contribution in [0.3, 0.4) is 0 Å². The van der Waals surface area contributed by atoms with Gasteiger partial charge in [0, 0.05) is 21.4 Å². The fourth-order valence-electron chi connectivity index (χ4n) is 1.73. The molecule has 0 N–H and O–H groups in total. The summed E-state index contributed by atoms with van der Waals surface area (Å²) in [7, 11) is 0. The number of benzene rings is 1. The van der Waals surface area contributed by atoms with Crippen LogP contribution in [0.15, 0.2) is 30.5 Å². The summed E-state index contributed by atoms with van der Waals surface area (Å²) in [5.41, 5.74) is 1.28. The Hall–Kier alpha value is -1.24. The smallest absolute Gasteiger partial charge is 0.169 e. The molecule has 0 saturated carbocycles. The molecule has 0 fully saturated rings. The first-order valence-corrected chi connectivity index (χ1v) is 7.07. The molecule has 1 aromatic carbocycles. The average Bonchev–Trinajstić information content (AvgIpc) is 2.77. The van der Waals surface area contributed by atoms with Crippen molar-refractivity contribution in [1.82, 2.24) is 9.78 Å². The van der Waals surface area contributed by atoms with Gasteiger partial charge in [-0.2, -0.15) is 5.10 Å². The second-order valence-corrected chi connectivity index (χ2v) is 5.77. The van der Waals surface area contributed by atoms with Gasteiger partial charge in [0.15, 0.2) is 5.78 Å². The van der Waals surface area contributed by atoms with E-state index in [0.29, 0.717) is 9.13 Å². The SMILES string of the molecule is CC(C)n1ccc(CC(=O)c2ccc(F)cc2I)n1. The number of rotatable bonds is 4. The van der Waals surface area contributed by atoms with Crippen LogP contribution < -0.4 is 0 Å². The van der Waals surface area contributed by atoms with Gasteiger partial charge in [-0.3, -0.25) is 9.48 Å². The first-order chi connectivity index (χ1) is 8.97. The maximum Gasteiger partial charge on any atom is 0.169 e. The van der Waals surface area contributed by atoms with Crippen LogP contribution in [0.5, 0.6) is 0 Å². The van der Waals surface area contributed by atoms with Gasteiger partial charge >= 0.3 is 0 Å². The summed E-state index contributed by atoms with van der Waals surface area (Å²) in [6, 6.07) is 6.31. The van der Waals surface area contributed by atoms with Crippen LogP contribution in [0.25, 0.3) is 0 Å². The minimum absolute atomic E-state index is 0.0431. The van der Waals surface area contributed by atoms with Crippen molar-refractivity contribution in [2.45, 2.75) is 26.3 Å². The number of halogens is 2. The molecule has 0 saturated heterocycles.